The largest absolute Gasteiger partial charge is 0.496 e. The van der Waals surface area contributed by atoms with Gasteiger partial charge in [-0.25, -0.2) is 4.79 Å². The van der Waals surface area contributed by atoms with E-state index in [0.29, 0.717) is 50.2 Å². The van der Waals surface area contributed by atoms with E-state index >= 15 is 0 Å². The summed E-state index contributed by atoms with van der Waals surface area (Å²) in [6, 6.07) is 34.6. The highest BCUT2D eigenvalue weighted by Gasteiger charge is 2.23. The van der Waals surface area contributed by atoms with E-state index in [0.717, 1.165) is 5.56 Å². The van der Waals surface area contributed by atoms with Gasteiger partial charge >= 0.3 is 5.97 Å². The van der Waals surface area contributed by atoms with Crippen LogP contribution in [0.25, 0.3) is 6.08 Å². The summed E-state index contributed by atoms with van der Waals surface area (Å²) in [6.07, 6.45) is 1.49. The van der Waals surface area contributed by atoms with Crippen LogP contribution in [-0.4, -0.2) is 51.6 Å². The van der Waals surface area contributed by atoms with E-state index in [1.54, 1.807) is 91.9 Å². The number of methoxy groups -OCH3 is 3. The number of esters is 1. The molecule has 0 aromatic heterocycles. The molecule has 11 nitrogen and oxygen atoms in total. The summed E-state index contributed by atoms with van der Waals surface area (Å²) in [7, 11) is 4.47. The number of anilines is 2. The van der Waals surface area contributed by atoms with Crippen molar-refractivity contribution in [2.24, 2.45) is 0 Å². The minimum absolute atomic E-state index is 0.0667. The lowest BCUT2D eigenvalue weighted by atomic mass is 10.1. The predicted molar refractivity (Wildman–Crippen MR) is 209 cm³/mol. The second-order valence-corrected chi connectivity index (χ2v) is 12.7. The van der Waals surface area contributed by atoms with Crippen molar-refractivity contribution in [2.75, 3.05) is 38.6 Å². The number of thioether (sulfide) groups is 1. The Labute approximate surface area is 317 Å². The maximum atomic E-state index is 13.9. The van der Waals surface area contributed by atoms with Crippen LogP contribution in [0.1, 0.15) is 44.0 Å². The van der Waals surface area contributed by atoms with Crippen LogP contribution in [0.5, 0.6) is 17.2 Å². The van der Waals surface area contributed by atoms with Crippen LogP contribution in [0.4, 0.5) is 11.4 Å². The van der Waals surface area contributed by atoms with Crippen LogP contribution in [0.2, 0.25) is 0 Å². The van der Waals surface area contributed by atoms with Gasteiger partial charge < -0.3 is 34.9 Å². The molecule has 0 bridgehead atoms. The molecule has 0 saturated heterocycles. The lowest BCUT2D eigenvalue weighted by Crippen LogP contribution is -2.30. The van der Waals surface area contributed by atoms with Crippen molar-refractivity contribution in [3.05, 3.63) is 149 Å². The van der Waals surface area contributed by atoms with Gasteiger partial charge in [0.25, 0.3) is 11.8 Å². The molecule has 0 aliphatic heterocycles. The molecule has 0 fully saturated rings. The first-order chi connectivity index (χ1) is 26.2. The van der Waals surface area contributed by atoms with E-state index in [4.69, 9.17) is 18.9 Å². The molecule has 5 aromatic carbocycles. The molecule has 0 radical (unpaired) electrons. The summed E-state index contributed by atoms with van der Waals surface area (Å²) < 4.78 is 21.5. The standard InChI is InChI=1S/C42H39N3O8S/c1-5-53-42(49)29-19-21-31(22-20-29)43-41(48)38(27-13-8-6-9-14-27)54-33-18-12-17-32(25-33)44-40(47)34(45-39(46)28-15-10-7-11-16-28)23-30-24-36(51-3)37(52-4)26-35(30)50-2/h6-26,38H,5H2,1-4H3,(H,43,48)(H,44,47)(H,45,46)/b34-23+. The Morgan fingerprint density at radius 3 is 1.96 bits per heavy atom. The van der Waals surface area contributed by atoms with Gasteiger partial charge in [-0.1, -0.05) is 54.6 Å². The van der Waals surface area contributed by atoms with Gasteiger partial charge in [-0.15, -0.1) is 11.8 Å². The smallest absolute Gasteiger partial charge is 0.338 e. The normalized spacial score (nSPS) is 11.4. The first-order valence-corrected chi connectivity index (χ1v) is 17.7. The third kappa shape index (κ3) is 10.1. The molecule has 1 unspecified atom stereocenters. The van der Waals surface area contributed by atoms with E-state index in [9.17, 15) is 19.2 Å². The maximum Gasteiger partial charge on any atom is 0.338 e. The second kappa shape index (κ2) is 18.8. The Kier molecular flexibility index (Phi) is 13.5. The van der Waals surface area contributed by atoms with E-state index in [1.165, 1.54) is 39.2 Å². The number of carbonyl (C=O) groups excluding carboxylic acids is 4. The topological polar surface area (TPSA) is 141 Å². The van der Waals surface area contributed by atoms with Crippen molar-refractivity contribution in [3.8, 4) is 17.2 Å². The zero-order valence-corrected chi connectivity index (χ0v) is 30.9. The minimum Gasteiger partial charge on any atom is -0.496 e. The summed E-state index contributed by atoms with van der Waals surface area (Å²) in [6.45, 7) is 1.99. The summed E-state index contributed by atoms with van der Waals surface area (Å²) >= 11 is 1.29. The van der Waals surface area contributed by atoms with E-state index < -0.39 is 23.0 Å². The molecule has 0 aliphatic rings. The number of hydrogen-bond donors (Lipinski definition) is 3. The van der Waals surface area contributed by atoms with Crippen molar-refractivity contribution < 1.29 is 38.1 Å². The van der Waals surface area contributed by atoms with Crippen LogP contribution in [0.3, 0.4) is 0 Å². The SMILES string of the molecule is CCOC(=O)c1ccc(NC(=O)C(Sc2cccc(NC(=O)/C(=C\c3cc(OC)c(OC)cc3OC)NC(=O)c3ccccc3)c2)c2ccccc2)cc1. The third-order valence-electron chi connectivity index (χ3n) is 7.91. The lowest BCUT2D eigenvalue weighted by Gasteiger charge is -2.18. The van der Waals surface area contributed by atoms with Crippen LogP contribution in [0.15, 0.2) is 132 Å². The lowest BCUT2D eigenvalue weighted by molar-refractivity contribution is -0.116. The predicted octanol–water partition coefficient (Wildman–Crippen LogP) is 7.77. The molecule has 5 rings (SSSR count). The molecular formula is C42H39N3O8S. The van der Waals surface area contributed by atoms with Crippen molar-refractivity contribution in [1.82, 2.24) is 5.32 Å². The van der Waals surface area contributed by atoms with Gasteiger partial charge in [-0.3, -0.25) is 14.4 Å². The summed E-state index contributed by atoms with van der Waals surface area (Å²) in [5.41, 5.74) is 2.81. The second-order valence-electron chi connectivity index (χ2n) is 11.5. The van der Waals surface area contributed by atoms with Crippen molar-refractivity contribution in [1.29, 1.82) is 0 Å². The number of benzene rings is 5. The van der Waals surface area contributed by atoms with Gasteiger partial charge in [0, 0.05) is 33.5 Å². The van der Waals surface area contributed by atoms with Gasteiger partial charge in [0.2, 0.25) is 5.91 Å². The van der Waals surface area contributed by atoms with Crippen LogP contribution in [-0.2, 0) is 14.3 Å². The number of amides is 3. The van der Waals surface area contributed by atoms with Crippen molar-refractivity contribution >= 4 is 52.9 Å². The van der Waals surface area contributed by atoms with Gasteiger partial charge in [-0.05, 0) is 79.2 Å². The molecule has 0 spiro atoms. The molecule has 1 atom stereocenters. The molecular weight excluding hydrogens is 707 g/mol. The fourth-order valence-corrected chi connectivity index (χ4v) is 6.34. The Morgan fingerprint density at radius 2 is 1.31 bits per heavy atom. The monoisotopic (exact) mass is 745 g/mol. The molecule has 54 heavy (non-hydrogen) atoms. The number of ether oxygens (including phenoxy) is 4. The van der Waals surface area contributed by atoms with E-state index in [-0.39, 0.29) is 18.2 Å². The van der Waals surface area contributed by atoms with Gasteiger partial charge in [0.05, 0.1) is 33.5 Å². The zero-order valence-electron chi connectivity index (χ0n) is 30.1. The molecule has 5 aromatic rings. The maximum absolute atomic E-state index is 13.9. The Bertz CT molecular complexity index is 2120. The van der Waals surface area contributed by atoms with Crippen LogP contribution < -0.4 is 30.2 Å². The summed E-state index contributed by atoms with van der Waals surface area (Å²) in [5.74, 6) is -0.631. The number of rotatable bonds is 15. The van der Waals surface area contributed by atoms with Crippen molar-refractivity contribution in [2.45, 2.75) is 17.1 Å². The van der Waals surface area contributed by atoms with Gasteiger partial charge in [0.15, 0.2) is 11.5 Å². The Morgan fingerprint density at radius 1 is 0.667 bits per heavy atom. The molecule has 0 saturated carbocycles. The Hall–Kier alpha value is -6.53. The highest BCUT2D eigenvalue weighted by atomic mass is 32.2. The average molecular weight is 746 g/mol. The minimum atomic E-state index is -0.681. The summed E-state index contributed by atoms with van der Waals surface area (Å²) in [5, 5.41) is 7.89. The highest BCUT2D eigenvalue weighted by Crippen LogP contribution is 2.38. The quantitative estimate of drug-likeness (QED) is 0.0557. The molecule has 0 aliphatic carbocycles. The molecule has 3 N–H and O–H groups in total. The highest BCUT2D eigenvalue weighted by molar-refractivity contribution is 8.00. The third-order valence-corrected chi connectivity index (χ3v) is 9.16. The molecule has 276 valence electrons. The van der Waals surface area contributed by atoms with E-state index in [1.807, 2.05) is 36.4 Å². The number of hydrogen-bond acceptors (Lipinski definition) is 9. The first-order valence-electron chi connectivity index (χ1n) is 16.8. The molecule has 12 heteroatoms. The Balaban J connectivity index is 1.41. The van der Waals surface area contributed by atoms with Gasteiger partial charge in [0.1, 0.15) is 16.7 Å². The van der Waals surface area contributed by atoms with Crippen LogP contribution >= 0.6 is 11.8 Å². The first kappa shape index (κ1) is 38.7. The molecule has 0 heterocycles. The fourth-order valence-electron chi connectivity index (χ4n) is 5.26. The number of carbonyl (C=O) groups is 4. The van der Waals surface area contributed by atoms with Crippen molar-refractivity contribution in [3.63, 3.8) is 0 Å². The number of nitrogens with one attached hydrogen (secondary N) is 3. The summed E-state index contributed by atoms with van der Waals surface area (Å²) in [4.78, 5) is 53.8. The average Bonchev–Trinajstić information content (AvgIpc) is 3.20. The fraction of sp³-hybridized carbons (Fsp3) is 0.143. The van der Waals surface area contributed by atoms with Crippen LogP contribution in [0, 0.1) is 0 Å². The van der Waals surface area contributed by atoms with Gasteiger partial charge in [-0.2, -0.15) is 0 Å². The van der Waals surface area contributed by atoms with E-state index in [2.05, 4.69) is 16.0 Å². The zero-order chi connectivity index (χ0) is 38.5. The molecule has 3 amide bonds.